The smallest absolute Gasteiger partial charge is 0.129 e. The molecule has 2 aromatic rings. The van der Waals surface area contributed by atoms with Crippen LogP contribution in [0.25, 0.3) is 0 Å². The van der Waals surface area contributed by atoms with Gasteiger partial charge in [-0.25, -0.2) is 13.2 Å². The molecule has 0 aliphatic carbocycles. The van der Waals surface area contributed by atoms with Gasteiger partial charge in [0.1, 0.15) is 17.5 Å². The zero-order valence-corrected chi connectivity index (χ0v) is 13.1. The fourth-order valence-corrected chi connectivity index (χ4v) is 2.75. The van der Waals surface area contributed by atoms with Crippen molar-refractivity contribution in [2.24, 2.45) is 0 Å². The second kappa shape index (κ2) is 7.09. The van der Waals surface area contributed by atoms with Gasteiger partial charge in [0.15, 0.2) is 0 Å². The highest BCUT2D eigenvalue weighted by Gasteiger charge is 2.17. The van der Waals surface area contributed by atoms with Gasteiger partial charge in [-0.1, -0.05) is 28.9 Å². The van der Waals surface area contributed by atoms with E-state index < -0.39 is 17.5 Å². The largest absolute Gasteiger partial charge is 0.310 e. The maximum Gasteiger partial charge on any atom is 0.129 e. The number of halogens is 4. The van der Waals surface area contributed by atoms with Gasteiger partial charge < -0.3 is 5.32 Å². The van der Waals surface area contributed by atoms with Gasteiger partial charge in [-0.05, 0) is 48.9 Å². The maximum atomic E-state index is 13.8. The van der Waals surface area contributed by atoms with E-state index in [2.05, 4.69) is 21.2 Å². The van der Waals surface area contributed by atoms with E-state index in [0.717, 1.165) is 0 Å². The standard InChI is InChI=1S/C16H15BrF3N/c1-2-21-16(10-6-11(17)8-12(18)7-10)9-13-14(19)4-3-5-15(13)20/h3-8,16,21H,2,9H2,1H3. The van der Waals surface area contributed by atoms with Crippen LogP contribution in [0.3, 0.4) is 0 Å². The molecule has 0 aromatic heterocycles. The van der Waals surface area contributed by atoms with E-state index in [-0.39, 0.29) is 18.0 Å². The molecule has 0 fully saturated rings. The van der Waals surface area contributed by atoms with E-state index >= 15 is 0 Å². The number of hydrogen-bond acceptors (Lipinski definition) is 1. The summed E-state index contributed by atoms with van der Waals surface area (Å²) in [6.07, 6.45) is 0.113. The average molecular weight is 358 g/mol. The van der Waals surface area contributed by atoms with E-state index in [1.807, 2.05) is 6.92 Å². The number of likely N-dealkylation sites (N-methyl/N-ethyl adjacent to an activating group) is 1. The van der Waals surface area contributed by atoms with Gasteiger partial charge in [0, 0.05) is 16.1 Å². The van der Waals surface area contributed by atoms with Crippen molar-refractivity contribution in [3.8, 4) is 0 Å². The first-order chi connectivity index (χ1) is 10.0. The van der Waals surface area contributed by atoms with Crippen molar-refractivity contribution in [2.75, 3.05) is 6.54 Å². The highest BCUT2D eigenvalue weighted by molar-refractivity contribution is 9.10. The third-order valence-corrected chi connectivity index (χ3v) is 3.67. The van der Waals surface area contributed by atoms with Crippen molar-refractivity contribution in [3.63, 3.8) is 0 Å². The molecule has 0 aliphatic heterocycles. The minimum absolute atomic E-state index is 0.00355. The molecule has 2 aromatic carbocycles. The minimum Gasteiger partial charge on any atom is -0.310 e. The van der Waals surface area contributed by atoms with E-state index in [9.17, 15) is 13.2 Å². The number of rotatable bonds is 5. The molecule has 0 heterocycles. The normalized spacial score (nSPS) is 12.4. The summed E-state index contributed by atoms with van der Waals surface area (Å²) < 4.78 is 41.7. The Kier molecular flexibility index (Phi) is 5.42. The van der Waals surface area contributed by atoms with Crippen LogP contribution in [-0.2, 0) is 6.42 Å². The Balaban J connectivity index is 2.35. The molecule has 0 saturated heterocycles. The summed E-state index contributed by atoms with van der Waals surface area (Å²) >= 11 is 3.23. The van der Waals surface area contributed by atoms with Crippen molar-refractivity contribution < 1.29 is 13.2 Å². The Hall–Kier alpha value is -1.33. The van der Waals surface area contributed by atoms with Crippen LogP contribution >= 0.6 is 15.9 Å². The van der Waals surface area contributed by atoms with Crippen molar-refractivity contribution >= 4 is 15.9 Å². The Morgan fingerprint density at radius 1 is 1.10 bits per heavy atom. The third-order valence-electron chi connectivity index (χ3n) is 3.21. The van der Waals surface area contributed by atoms with Gasteiger partial charge in [0.2, 0.25) is 0 Å². The molecule has 0 spiro atoms. The first-order valence-electron chi connectivity index (χ1n) is 6.63. The van der Waals surface area contributed by atoms with Crippen molar-refractivity contribution in [1.82, 2.24) is 5.32 Å². The summed E-state index contributed by atoms with van der Waals surface area (Å²) in [5, 5.41) is 3.14. The zero-order valence-electron chi connectivity index (χ0n) is 11.5. The van der Waals surface area contributed by atoms with Crippen LogP contribution in [0.5, 0.6) is 0 Å². The molecular formula is C16H15BrF3N. The lowest BCUT2D eigenvalue weighted by molar-refractivity contribution is 0.497. The zero-order chi connectivity index (χ0) is 15.4. The van der Waals surface area contributed by atoms with Crippen LogP contribution < -0.4 is 5.32 Å². The van der Waals surface area contributed by atoms with Crippen LogP contribution in [0.4, 0.5) is 13.2 Å². The van der Waals surface area contributed by atoms with Crippen LogP contribution in [-0.4, -0.2) is 6.54 Å². The molecule has 1 unspecified atom stereocenters. The Morgan fingerprint density at radius 3 is 2.33 bits per heavy atom. The summed E-state index contributed by atoms with van der Waals surface area (Å²) in [5.41, 5.74) is 0.648. The summed E-state index contributed by atoms with van der Waals surface area (Å²) in [4.78, 5) is 0. The second-order valence-corrected chi connectivity index (χ2v) is 5.63. The summed E-state index contributed by atoms with van der Waals surface area (Å²) in [6, 6.07) is 7.87. The van der Waals surface area contributed by atoms with Gasteiger partial charge in [-0.15, -0.1) is 0 Å². The lowest BCUT2D eigenvalue weighted by Crippen LogP contribution is -2.24. The van der Waals surface area contributed by atoms with Crippen molar-refractivity contribution in [2.45, 2.75) is 19.4 Å². The average Bonchev–Trinajstić information content (AvgIpc) is 2.40. The topological polar surface area (TPSA) is 12.0 Å². The van der Waals surface area contributed by atoms with Crippen molar-refractivity contribution in [3.05, 3.63) is 69.4 Å². The number of hydrogen-bond donors (Lipinski definition) is 1. The Morgan fingerprint density at radius 2 is 1.76 bits per heavy atom. The molecule has 1 nitrogen and oxygen atoms in total. The molecule has 0 saturated carbocycles. The lowest BCUT2D eigenvalue weighted by atomic mass is 9.98. The fraction of sp³-hybridized carbons (Fsp3) is 0.250. The quantitative estimate of drug-likeness (QED) is 0.813. The molecular weight excluding hydrogens is 343 g/mol. The fourth-order valence-electron chi connectivity index (χ4n) is 2.26. The first-order valence-corrected chi connectivity index (χ1v) is 7.42. The molecule has 2 rings (SSSR count). The van der Waals surface area contributed by atoms with E-state index in [0.29, 0.717) is 16.6 Å². The Labute approximate surface area is 130 Å². The Bertz CT molecular complexity index is 590. The van der Waals surface area contributed by atoms with Gasteiger partial charge in [0.25, 0.3) is 0 Å². The molecule has 0 amide bonds. The van der Waals surface area contributed by atoms with Gasteiger partial charge in [-0.3, -0.25) is 0 Å². The first kappa shape index (κ1) is 16.0. The predicted molar refractivity (Wildman–Crippen MR) is 80.6 cm³/mol. The second-order valence-electron chi connectivity index (χ2n) is 4.72. The SMILES string of the molecule is CCNC(Cc1c(F)cccc1F)c1cc(F)cc(Br)c1. The molecule has 1 N–H and O–H groups in total. The van der Waals surface area contributed by atoms with Gasteiger partial charge in [-0.2, -0.15) is 0 Å². The number of nitrogens with one attached hydrogen (secondary N) is 1. The number of benzene rings is 2. The maximum absolute atomic E-state index is 13.8. The molecule has 21 heavy (non-hydrogen) atoms. The van der Waals surface area contributed by atoms with Crippen LogP contribution in [0.1, 0.15) is 24.1 Å². The summed E-state index contributed by atoms with van der Waals surface area (Å²) in [6.45, 7) is 2.49. The lowest BCUT2D eigenvalue weighted by Gasteiger charge is -2.19. The van der Waals surface area contributed by atoms with Gasteiger partial charge in [0.05, 0.1) is 0 Å². The molecule has 0 radical (unpaired) electrons. The van der Waals surface area contributed by atoms with E-state index in [1.165, 1.54) is 30.3 Å². The molecule has 112 valence electrons. The van der Waals surface area contributed by atoms with Gasteiger partial charge >= 0.3 is 0 Å². The minimum atomic E-state index is -0.589. The molecule has 1 atom stereocenters. The van der Waals surface area contributed by atoms with Crippen LogP contribution in [0.2, 0.25) is 0 Å². The summed E-state index contributed by atoms with van der Waals surface area (Å²) in [5.74, 6) is -1.57. The van der Waals surface area contributed by atoms with E-state index in [4.69, 9.17) is 0 Å². The summed E-state index contributed by atoms with van der Waals surface area (Å²) in [7, 11) is 0. The predicted octanol–water partition coefficient (Wildman–Crippen LogP) is 4.76. The van der Waals surface area contributed by atoms with Crippen molar-refractivity contribution in [1.29, 1.82) is 0 Å². The third kappa shape index (κ3) is 4.08. The van der Waals surface area contributed by atoms with Crippen LogP contribution in [0.15, 0.2) is 40.9 Å². The van der Waals surface area contributed by atoms with E-state index in [1.54, 1.807) is 6.07 Å². The van der Waals surface area contributed by atoms with Crippen LogP contribution in [0, 0.1) is 17.5 Å². The molecule has 0 bridgehead atoms. The monoisotopic (exact) mass is 357 g/mol. The molecule has 0 aliphatic rings. The highest BCUT2D eigenvalue weighted by atomic mass is 79.9. The highest BCUT2D eigenvalue weighted by Crippen LogP contribution is 2.25. The molecule has 5 heteroatoms.